The minimum absolute atomic E-state index is 0.0179. The molecule has 0 heterocycles. The normalized spacial score (nSPS) is 12.7. The number of ether oxygens (including phenoxy) is 4. The Morgan fingerprint density at radius 1 is 0.482 bits per heavy atom. The van der Waals surface area contributed by atoms with Crippen molar-refractivity contribution < 1.29 is 72.5 Å². The number of amides is 8. The Morgan fingerprint density at radius 3 is 1.33 bits per heavy atom. The number of nitrogens with zero attached hydrogens (tertiary/aromatic N) is 2. The second-order valence-corrected chi connectivity index (χ2v) is 21.2. The van der Waals surface area contributed by atoms with Crippen molar-refractivity contribution in [3.05, 3.63) is 0 Å². The molecule has 83 heavy (non-hydrogen) atoms. The maximum Gasteiger partial charge on any atom is 0.246 e. The Kier molecular flexibility index (Phi) is 48.3. The average Bonchev–Trinajstić information content (AvgIpc) is 3.43. The number of rotatable bonds is 53. The molecule has 3 atom stereocenters. The fraction of sp³-hybridized carbons (Fsp3) is 0.804. The summed E-state index contributed by atoms with van der Waals surface area (Å²) in [6.45, 7) is 18.1. The van der Waals surface area contributed by atoms with Gasteiger partial charge in [-0.3, -0.25) is 43.2 Å². The van der Waals surface area contributed by atoms with E-state index in [2.05, 4.69) is 52.8 Å². The van der Waals surface area contributed by atoms with Crippen LogP contribution in [0, 0.1) is 17.8 Å². The lowest BCUT2D eigenvalue weighted by atomic mass is 9.93. The van der Waals surface area contributed by atoms with E-state index in [1.807, 2.05) is 13.8 Å². The number of Topliss-reactive ketones (excluding diaryl/α,β-unsaturated/α-hetero) is 1. The zero-order valence-electron chi connectivity index (χ0n) is 51.1. The third-order valence-corrected chi connectivity index (χ3v) is 12.6. The van der Waals surface area contributed by atoms with E-state index in [-0.39, 0.29) is 169 Å². The second kappa shape index (κ2) is 50.6. The minimum Gasteiger partial charge on any atom is -0.411 e. The highest BCUT2D eigenvalue weighted by Crippen LogP contribution is 2.17. The molecule has 0 spiro atoms. The number of oxime groups is 2. The van der Waals surface area contributed by atoms with Gasteiger partial charge in [0, 0.05) is 95.7 Å². The molecule has 0 fully saturated rings. The Labute approximate surface area is 492 Å². The molecule has 480 valence electrons. The fourth-order valence-electron chi connectivity index (χ4n) is 7.52. The summed E-state index contributed by atoms with van der Waals surface area (Å²) < 4.78 is 21.4. The van der Waals surface area contributed by atoms with Crippen LogP contribution in [0.4, 0.5) is 0 Å². The molecule has 0 aromatic rings. The van der Waals surface area contributed by atoms with E-state index in [0.717, 1.165) is 12.8 Å². The predicted octanol–water partition coefficient (Wildman–Crippen LogP) is 1.47. The maximum atomic E-state index is 13.3. The Hall–Kier alpha value is -5.87. The van der Waals surface area contributed by atoms with E-state index in [1.54, 1.807) is 41.5 Å². The van der Waals surface area contributed by atoms with Crippen molar-refractivity contribution in [1.29, 1.82) is 0 Å². The molecule has 27 nitrogen and oxygen atoms in total. The molecule has 0 aromatic carbocycles. The third kappa shape index (κ3) is 49.3. The first kappa shape index (κ1) is 79.2. The summed E-state index contributed by atoms with van der Waals surface area (Å²) in [6.07, 6.45) is 9.26. The predicted molar refractivity (Wildman–Crippen MR) is 315 cm³/mol. The molecule has 0 saturated heterocycles. The van der Waals surface area contributed by atoms with Gasteiger partial charge in [0.25, 0.3) is 0 Å². The minimum atomic E-state index is -0.679. The standard InChI is InChI=1S/C54H100N12O15.C2H6/c1-40(50(55)73)15-7-10-23-58-48(71)36-80-31-30-79-28-26-60-49(72)37-81-32-29-78-27-25-59-46(69)20-14-19-45(68)57-22-12-9-17-42(52(75)61-24-11-8-16-41(2)51(56)74)33-44(67)18-13-21-47(70)66-43(34-62-53(3,4)38-64-76)35-63-54(5,6)39-65-77;1-2/h38-43,62-63,76-77H,7-37H2,1-6H3,(H2,55,73)(H2,56,74)(H,57,68)(H,58,71)(H,59,69)(H,60,72)(H,61,75)(H,66,70);1-2H3/b64-38+,65-39+;/t40-,41-,42+;/m0./s1. The number of hydrogen-bond donors (Lipinski definition) is 12. The van der Waals surface area contributed by atoms with Crippen LogP contribution in [0.15, 0.2) is 10.3 Å². The summed E-state index contributed by atoms with van der Waals surface area (Å²) in [7, 11) is 0. The lowest BCUT2D eigenvalue weighted by Crippen LogP contribution is -2.55. The highest BCUT2D eigenvalue weighted by Gasteiger charge is 2.24. The first-order valence-corrected chi connectivity index (χ1v) is 29.4. The highest BCUT2D eigenvalue weighted by molar-refractivity contribution is 5.87. The second-order valence-electron chi connectivity index (χ2n) is 21.2. The van der Waals surface area contributed by atoms with Gasteiger partial charge in [-0.05, 0) is 79.1 Å². The van der Waals surface area contributed by atoms with Crippen molar-refractivity contribution >= 4 is 65.5 Å². The summed E-state index contributed by atoms with van der Waals surface area (Å²) in [4.78, 5) is 111. The van der Waals surface area contributed by atoms with Gasteiger partial charge in [0.2, 0.25) is 47.3 Å². The molecular formula is C56H106N12O15. The number of carbonyl (C=O) groups is 9. The van der Waals surface area contributed by atoms with E-state index in [0.29, 0.717) is 84.1 Å². The summed E-state index contributed by atoms with van der Waals surface area (Å²) >= 11 is 0. The number of hydrogen-bond acceptors (Lipinski definition) is 19. The molecule has 0 aliphatic rings. The molecule has 0 aromatic heterocycles. The fourth-order valence-corrected chi connectivity index (χ4v) is 7.52. The zero-order chi connectivity index (χ0) is 62.7. The first-order chi connectivity index (χ1) is 39.5. The van der Waals surface area contributed by atoms with Crippen molar-refractivity contribution in [1.82, 2.24) is 42.5 Å². The third-order valence-electron chi connectivity index (χ3n) is 12.6. The Balaban J connectivity index is 0. The van der Waals surface area contributed by atoms with Crippen molar-refractivity contribution in [2.75, 3.05) is 98.7 Å². The molecule has 27 heteroatoms. The van der Waals surface area contributed by atoms with Crippen molar-refractivity contribution in [3.8, 4) is 0 Å². The van der Waals surface area contributed by atoms with Crippen molar-refractivity contribution in [3.63, 3.8) is 0 Å². The van der Waals surface area contributed by atoms with Crippen LogP contribution < -0.4 is 54.0 Å². The monoisotopic (exact) mass is 1190 g/mol. The van der Waals surface area contributed by atoms with Gasteiger partial charge >= 0.3 is 0 Å². The topological polar surface area (TPSA) is 404 Å². The Morgan fingerprint density at radius 2 is 0.867 bits per heavy atom. The van der Waals surface area contributed by atoms with Crippen molar-refractivity contribution in [2.24, 2.45) is 39.5 Å². The SMILES string of the molecule is CC.C[C@@H](CCCCNC(=O)COCCOCCNC(=O)COCCOCCNC(=O)CCCC(=O)NCCCC[C@H](CC(=O)CCCC(=O)NC(CNC(C)(C)/C=N/O)CNC(C)(C)/C=N/O)C(=O)NCCCC[C@H](C)C(N)=O)C(N)=O. The van der Waals surface area contributed by atoms with Gasteiger partial charge < -0.3 is 83.4 Å². The van der Waals surface area contributed by atoms with Crippen LogP contribution >= 0.6 is 0 Å². The van der Waals surface area contributed by atoms with Gasteiger partial charge in [-0.1, -0.05) is 47.0 Å². The van der Waals surface area contributed by atoms with Crippen LogP contribution in [0.3, 0.4) is 0 Å². The molecule has 0 unspecified atom stereocenters. The van der Waals surface area contributed by atoms with Gasteiger partial charge in [0.05, 0.1) is 69.2 Å². The molecule has 0 radical (unpaired) electrons. The molecule has 0 aliphatic carbocycles. The summed E-state index contributed by atoms with van der Waals surface area (Å²) in [6, 6.07) is -0.424. The zero-order valence-corrected chi connectivity index (χ0v) is 51.1. The van der Waals surface area contributed by atoms with Crippen molar-refractivity contribution in [2.45, 2.75) is 175 Å². The van der Waals surface area contributed by atoms with E-state index < -0.39 is 23.0 Å². The van der Waals surface area contributed by atoms with Crippen LogP contribution in [0.2, 0.25) is 0 Å². The molecule has 0 rings (SSSR count). The number of primary amides is 2. The number of unbranched alkanes of at least 4 members (excludes halogenated alkanes) is 3. The molecule has 8 amide bonds. The smallest absolute Gasteiger partial charge is 0.246 e. The quantitative estimate of drug-likeness (QED) is 0.0178. The average molecular weight is 1190 g/mol. The lowest BCUT2D eigenvalue weighted by molar-refractivity contribution is -0.130. The molecule has 0 saturated carbocycles. The van der Waals surface area contributed by atoms with Gasteiger partial charge in [-0.25, -0.2) is 0 Å². The van der Waals surface area contributed by atoms with Gasteiger partial charge in [-0.15, -0.1) is 10.3 Å². The summed E-state index contributed by atoms with van der Waals surface area (Å²) in [5.41, 5.74) is 9.24. The number of ketones is 1. The van der Waals surface area contributed by atoms with Gasteiger partial charge in [0.1, 0.15) is 19.0 Å². The molecule has 0 aliphatic heterocycles. The van der Waals surface area contributed by atoms with Crippen LogP contribution in [-0.2, 0) is 62.1 Å². The van der Waals surface area contributed by atoms with Gasteiger partial charge in [0.15, 0.2) is 0 Å². The van der Waals surface area contributed by atoms with E-state index in [9.17, 15) is 43.2 Å². The highest BCUT2D eigenvalue weighted by atomic mass is 16.5. The largest absolute Gasteiger partial charge is 0.411 e. The summed E-state index contributed by atoms with van der Waals surface area (Å²) in [5.74, 6) is -3.52. The van der Waals surface area contributed by atoms with E-state index in [1.165, 1.54) is 12.4 Å². The first-order valence-electron chi connectivity index (χ1n) is 29.4. The van der Waals surface area contributed by atoms with E-state index >= 15 is 0 Å². The van der Waals surface area contributed by atoms with Crippen LogP contribution in [0.25, 0.3) is 0 Å². The number of nitrogens with two attached hydrogens (primary N) is 2. The number of carbonyl (C=O) groups excluding carboxylic acids is 9. The molecule has 0 bridgehead atoms. The number of nitrogens with one attached hydrogen (secondary N) is 8. The Bertz CT molecular complexity index is 1870. The van der Waals surface area contributed by atoms with Crippen LogP contribution in [-0.4, -0.2) is 192 Å². The van der Waals surface area contributed by atoms with Gasteiger partial charge in [-0.2, -0.15) is 0 Å². The maximum absolute atomic E-state index is 13.3. The van der Waals surface area contributed by atoms with Crippen LogP contribution in [0.1, 0.15) is 158 Å². The molecule has 14 N–H and O–H groups in total. The van der Waals surface area contributed by atoms with Crippen LogP contribution in [0.5, 0.6) is 0 Å². The van der Waals surface area contributed by atoms with E-state index in [4.69, 9.17) is 40.8 Å². The summed E-state index contributed by atoms with van der Waals surface area (Å²) in [5, 5.41) is 47.6. The lowest BCUT2D eigenvalue weighted by Gasteiger charge is -2.29. The molecular weight excluding hydrogens is 1080 g/mol.